The van der Waals surface area contributed by atoms with Crippen LogP contribution < -0.4 is 5.32 Å². The molecule has 2 aromatic rings. The Hall–Kier alpha value is -1.62. The van der Waals surface area contributed by atoms with E-state index in [4.69, 9.17) is 11.6 Å². The minimum Gasteiger partial charge on any atom is -0.351 e. The number of fused-ring (bicyclic) bond motifs is 1. The van der Waals surface area contributed by atoms with E-state index >= 15 is 0 Å². The van der Waals surface area contributed by atoms with Crippen LogP contribution in [0.25, 0.3) is 5.65 Å². The highest BCUT2D eigenvalue weighted by atomic mass is 35.5. The summed E-state index contributed by atoms with van der Waals surface area (Å²) in [4.78, 5) is 15.7. The predicted molar refractivity (Wildman–Crippen MR) is 56.0 cm³/mol. The highest BCUT2D eigenvalue weighted by Crippen LogP contribution is 2.06. The van der Waals surface area contributed by atoms with E-state index in [1.165, 1.54) is 6.20 Å². The molecule has 2 heterocycles. The van der Waals surface area contributed by atoms with Crippen LogP contribution in [0.4, 0.5) is 0 Å². The summed E-state index contributed by atoms with van der Waals surface area (Å²) in [6.07, 6.45) is 4.85. The van der Waals surface area contributed by atoms with Crippen LogP contribution in [-0.4, -0.2) is 32.9 Å². The van der Waals surface area contributed by atoms with E-state index in [0.29, 0.717) is 23.6 Å². The molecular weight excluding hydrogens is 216 g/mol. The van der Waals surface area contributed by atoms with Gasteiger partial charge in [-0.1, -0.05) is 0 Å². The van der Waals surface area contributed by atoms with Gasteiger partial charge in [0.15, 0.2) is 5.65 Å². The Balaban J connectivity index is 2.31. The molecule has 0 fully saturated rings. The largest absolute Gasteiger partial charge is 0.351 e. The van der Waals surface area contributed by atoms with Crippen molar-refractivity contribution in [2.45, 2.75) is 0 Å². The van der Waals surface area contributed by atoms with Crippen LogP contribution in [0, 0.1) is 0 Å². The van der Waals surface area contributed by atoms with Crippen molar-refractivity contribution in [3.63, 3.8) is 0 Å². The lowest BCUT2D eigenvalue weighted by molar-refractivity contribution is 0.0957. The maximum Gasteiger partial charge on any atom is 0.256 e. The van der Waals surface area contributed by atoms with E-state index in [-0.39, 0.29) is 5.91 Å². The molecule has 0 saturated carbocycles. The Morgan fingerprint density at radius 1 is 1.60 bits per heavy atom. The van der Waals surface area contributed by atoms with Gasteiger partial charge in [-0.3, -0.25) is 4.79 Å². The van der Waals surface area contributed by atoms with Crippen molar-refractivity contribution < 1.29 is 4.79 Å². The number of hydrogen-bond donors (Lipinski definition) is 1. The molecule has 0 unspecified atom stereocenters. The first-order valence-corrected chi connectivity index (χ1v) is 4.99. The fraction of sp³-hybridized carbons (Fsp3) is 0.222. The van der Waals surface area contributed by atoms with Crippen molar-refractivity contribution in [3.05, 3.63) is 30.2 Å². The Kier molecular flexibility index (Phi) is 2.82. The molecule has 0 radical (unpaired) electrons. The molecule has 0 aliphatic heterocycles. The molecule has 1 amide bonds. The van der Waals surface area contributed by atoms with E-state index < -0.39 is 0 Å². The third kappa shape index (κ3) is 1.92. The molecule has 0 aromatic carbocycles. The first kappa shape index (κ1) is 9.92. The average molecular weight is 225 g/mol. The van der Waals surface area contributed by atoms with Gasteiger partial charge in [0, 0.05) is 24.8 Å². The molecule has 0 saturated heterocycles. The fourth-order valence-electron chi connectivity index (χ4n) is 1.24. The molecule has 2 aromatic heterocycles. The standard InChI is InChI=1S/C9H9ClN4O/c10-2-4-12-9(15)7-6-13-14-5-1-3-11-8(7)14/h1,3,5-6H,2,4H2,(H,12,15). The number of nitrogens with one attached hydrogen (secondary N) is 1. The van der Waals surface area contributed by atoms with Crippen LogP contribution in [0.5, 0.6) is 0 Å². The van der Waals surface area contributed by atoms with Crippen molar-refractivity contribution in [1.29, 1.82) is 0 Å². The monoisotopic (exact) mass is 224 g/mol. The quantitative estimate of drug-likeness (QED) is 0.781. The summed E-state index contributed by atoms with van der Waals surface area (Å²) in [6, 6.07) is 1.75. The molecule has 0 atom stereocenters. The van der Waals surface area contributed by atoms with Gasteiger partial charge in [-0.2, -0.15) is 5.10 Å². The summed E-state index contributed by atoms with van der Waals surface area (Å²) in [7, 11) is 0. The summed E-state index contributed by atoms with van der Waals surface area (Å²) < 4.78 is 1.55. The topological polar surface area (TPSA) is 59.3 Å². The number of hydrogen-bond acceptors (Lipinski definition) is 3. The zero-order valence-corrected chi connectivity index (χ0v) is 8.61. The second-order valence-electron chi connectivity index (χ2n) is 2.89. The molecule has 1 N–H and O–H groups in total. The van der Waals surface area contributed by atoms with Crippen molar-refractivity contribution in [3.8, 4) is 0 Å². The highest BCUT2D eigenvalue weighted by molar-refractivity contribution is 6.18. The van der Waals surface area contributed by atoms with Crippen LogP contribution in [-0.2, 0) is 0 Å². The Bertz CT molecular complexity index is 482. The predicted octanol–water partition coefficient (Wildman–Crippen LogP) is 0.698. The molecule has 2 rings (SSSR count). The van der Waals surface area contributed by atoms with Gasteiger partial charge < -0.3 is 5.32 Å². The maximum atomic E-state index is 11.6. The van der Waals surface area contributed by atoms with Gasteiger partial charge in [0.25, 0.3) is 5.91 Å². The lowest BCUT2D eigenvalue weighted by Gasteiger charge is -1.99. The lowest BCUT2D eigenvalue weighted by Crippen LogP contribution is -2.25. The molecule has 0 bridgehead atoms. The number of aromatic nitrogens is 3. The Morgan fingerprint density at radius 2 is 2.47 bits per heavy atom. The van der Waals surface area contributed by atoms with Gasteiger partial charge >= 0.3 is 0 Å². The molecule has 0 aliphatic rings. The second-order valence-corrected chi connectivity index (χ2v) is 3.27. The molecule has 0 spiro atoms. The van der Waals surface area contributed by atoms with E-state index in [1.807, 2.05) is 0 Å². The number of carbonyl (C=O) groups excluding carboxylic acids is 1. The van der Waals surface area contributed by atoms with Crippen LogP contribution in [0.15, 0.2) is 24.7 Å². The van der Waals surface area contributed by atoms with E-state index in [1.54, 1.807) is 23.0 Å². The average Bonchev–Trinajstić information content (AvgIpc) is 2.69. The molecular formula is C9H9ClN4O. The van der Waals surface area contributed by atoms with Crippen molar-refractivity contribution in [2.75, 3.05) is 12.4 Å². The zero-order chi connectivity index (χ0) is 10.7. The van der Waals surface area contributed by atoms with Crippen molar-refractivity contribution in [1.82, 2.24) is 19.9 Å². The lowest BCUT2D eigenvalue weighted by atomic mass is 10.3. The number of halogens is 1. The minimum absolute atomic E-state index is 0.204. The summed E-state index contributed by atoms with van der Waals surface area (Å²) in [5.41, 5.74) is 1.00. The van der Waals surface area contributed by atoms with E-state index in [0.717, 1.165) is 0 Å². The number of alkyl halides is 1. The van der Waals surface area contributed by atoms with Gasteiger partial charge in [0.2, 0.25) is 0 Å². The fourth-order valence-corrected chi connectivity index (χ4v) is 1.34. The van der Waals surface area contributed by atoms with Gasteiger partial charge in [-0.05, 0) is 6.07 Å². The molecule has 78 valence electrons. The van der Waals surface area contributed by atoms with Crippen LogP contribution in [0.1, 0.15) is 10.4 Å². The first-order valence-electron chi connectivity index (χ1n) is 4.45. The molecule has 5 nitrogen and oxygen atoms in total. The third-order valence-corrected chi connectivity index (χ3v) is 2.09. The number of nitrogens with zero attached hydrogens (tertiary/aromatic N) is 3. The Labute approximate surface area is 91.1 Å². The highest BCUT2D eigenvalue weighted by Gasteiger charge is 2.12. The number of rotatable bonds is 3. The third-order valence-electron chi connectivity index (χ3n) is 1.90. The zero-order valence-electron chi connectivity index (χ0n) is 7.85. The normalized spacial score (nSPS) is 10.5. The van der Waals surface area contributed by atoms with Gasteiger partial charge in [0.1, 0.15) is 5.56 Å². The van der Waals surface area contributed by atoms with Crippen LogP contribution in [0.2, 0.25) is 0 Å². The summed E-state index contributed by atoms with van der Waals surface area (Å²) >= 11 is 5.47. The molecule has 0 aliphatic carbocycles. The van der Waals surface area contributed by atoms with Crippen LogP contribution in [0.3, 0.4) is 0 Å². The van der Waals surface area contributed by atoms with E-state index in [9.17, 15) is 4.79 Å². The van der Waals surface area contributed by atoms with Gasteiger partial charge in [-0.15, -0.1) is 11.6 Å². The number of carbonyl (C=O) groups is 1. The molecule has 15 heavy (non-hydrogen) atoms. The summed E-state index contributed by atoms with van der Waals surface area (Å²) in [5, 5.41) is 6.67. The van der Waals surface area contributed by atoms with Gasteiger partial charge in [-0.25, -0.2) is 9.50 Å². The van der Waals surface area contributed by atoms with Crippen LogP contribution >= 0.6 is 11.6 Å². The minimum atomic E-state index is -0.204. The van der Waals surface area contributed by atoms with Crippen molar-refractivity contribution in [2.24, 2.45) is 0 Å². The van der Waals surface area contributed by atoms with Gasteiger partial charge in [0.05, 0.1) is 6.20 Å². The first-order chi connectivity index (χ1) is 7.33. The Morgan fingerprint density at radius 3 is 3.27 bits per heavy atom. The SMILES string of the molecule is O=C(NCCCl)c1cnn2cccnc12. The summed E-state index contributed by atoms with van der Waals surface area (Å²) in [5.74, 6) is 0.183. The van der Waals surface area contributed by atoms with E-state index in [2.05, 4.69) is 15.4 Å². The summed E-state index contributed by atoms with van der Waals surface area (Å²) in [6.45, 7) is 0.435. The molecule has 6 heteroatoms. The van der Waals surface area contributed by atoms with Crippen molar-refractivity contribution >= 4 is 23.2 Å². The maximum absolute atomic E-state index is 11.6. The smallest absolute Gasteiger partial charge is 0.256 e. The number of amides is 1. The second kappa shape index (κ2) is 4.27.